The summed E-state index contributed by atoms with van der Waals surface area (Å²) in [6.07, 6.45) is -0.441. The van der Waals surface area contributed by atoms with Gasteiger partial charge in [-0.25, -0.2) is 4.79 Å². The van der Waals surface area contributed by atoms with Gasteiger partial charge in [0.05, 0.1) is 6.61 Å². The average molecular weight is 504 g/mol. The van der Waals surface area contributed by atoms with Crippen LogP contribution in [0, 0.1) is 5.92 Å². The minimum absolute atomic E-state index is 0.0187. The monoisotopic (exact) mass is 503 g/mol. The van der Waals surface area contributed by atoms with Crippen LogP contribution in [-0.4, -0.2) is 88.3 Å². The van der Waals surface area contributed by atoms with Gasteiger partial charge in [0.2, 0.25) is 17.7 Å². The topological polar surface area (TPSA) is 273 Å². The standard InChI is InChI=1S/C20H37N7O8/c1-10(2)8-14(19(34)35)27-18(33)13(5-6-15(29)30)26-17(32)12(4-3-7-24-20(22)23)25-16(31)11(21)9-28/h10-14,28H,3-9,21H2,1-2H3,(H,25,31)(H,26,32)(H,27,33)(H,29,30)(H,34,35)(H4,22,23,24). The molecule has 35 heavy (non-hydrogen) atoms. The van der Waals surface area contributed by atoms with Gasteiger partial charge in [-0.15, -0.1) is 0 Å². The van der Waals surface area contributed by atoms with Crippen molar-refractivity contribution in [1.29, 1.82) is 0 Å². The minimum atomic E-state index is -1.39. The number of nitrogens with one attached hydrogen (secondary N) is 3. The molecular weight excluding hydrogens is 466 g/mol. The van der Waals surface area contributed by atoms with Crippen molar-refractivity contribution in [3.63, 3.8) is 0 Å². The first kappa shape index (κ1) is 31.5. The number of aliphatic carboxylic acids is 2. The maximum absolute atomic E-state index is 12.9. The van der Waals surface area contributed by atoms with Crippen molar-refractivity contribution in [3.8, 4) is 0 Å². The van der Waals surface area contributed by atoms with Crippen LogP contribution in [0.5, 0.6) is 0 Å². The average Bonchev–Trinajstić information content (AvgIpc) is 2.76. The van der Waals surface area contributed by atoms with Gasteiger partial charge in [-0.1, -0.05) is 13.8 Å². The summed E-state index contributed by atoms with van der Waals surface area (Å²) >= 11 is 0. The van der Waals surface area contributed by atoms with Crippen LogP contribution >= 0.6 is 0 Å². The number of guanidine groups is 1. The van der Waals surface area contributed by atoms with E-state index < -0.39 is 66.9 Å². The highest BCUT2D eigenvalue weighted by molar-refractivity contribution is 5.94. The van der Waals surface area contributed by atoms with Crippen molar-refractivity contribution < 1.29 is 39.3 Å². The number of aliphatic hydroxyl groups excluding tert-OH is 1. The Morgan fingerprint density at radius 2 is 1.37 bits per heavy atom. The van der Waals surface area contributed by atoms with Gasteiger partial charge >= 0.3 is 11.9 Å². The zero-order chi connectivity index (χ0) is 27.1. The van der Waals surface area contributed by atoms with Crippen molar-refractivity contribution >= 4 is 35.6 Å². The molecule has 0 spiro atoms. The van der Waals surface area contributed by atoms with E-state index in [1.807, 2.05) is 0 Å². The van der Waals surface area contributed by atoms with Crippen molar-refractivity contribution in [1.82, 2.24) is 16.0 Å². The number of carbonyl (C=O) groups excluding carboxylic acids is 3. The van der Waals surface area contributed by atoms with Crippen LogP contribution in [0.3, 0.4) is 0 Å². The summed E-state index contributed by atoms with van der Waals surface area (Å²) in [4.78, 5) is 64.1. The second-order valence-corrected chi connectivity index (χ2v) is 8.32. The summed E-state index contributed by atoms with van der Waals surface area (Å²) in [5, 5.41) is 34.5. The van der Waals surface area contributed by atoms with Crippen molar-refractivity contribution in [2.75, 3.05) is 13.2 Å². The number of nitrogens with zero attached hydrogens (tertiary/aromatic N) is 1. The van der Waals surface area contributed by atoms with E-state index in [9.17, 15) is 29.1 Å². The van der Waals surface area contributed by atoms with E-state index in [1.165, 1.54) is 0 Å². The molecule has 0 aliphatic heterocycles. The summed E-state index contributed by atoms with van der Waals surface area (Å²) in [6.45, 7) is 2.98. The van der Waals surface area contributed by atoms with E-state index in [2.05, 4.69) is 20.9 Å². The number of hydrogen-bond acceptors (Lipinski definition) is 8. The lowest BCUT2D eigenvalue weighted by molar-refractivity contribution is -0.143. The Morgan fingerprint density at radius 1 is 0.857 bits per heavy atom. The van der Waals surface area contributed by atoms with E-state index in [-0.39, 0.29) is 44.1 Å². The zero-order valence-corrected chi connectivity index (χ0v) is 19.9. The molecule has 0 rings (SSSR count). The molecule has 0 aromatic rings. The normalized spacial score (nSPS) is 14.2. The van der Waals surface area contributed by atoms with Crippen molar-refractivity contribution in [2.45, 2.75) is 70.1 Å². The van der Waals surface area contributed by atoms with E-state index in [4.69, 9.17) is 27.4 Å². The molecule has 0 aromatic heterocycles. The lowest BCUT2D eigenvalue weighted by Gasteiger charge is -2.25. The summed E-state index contributed by atoms with van der Waals surface area (Å²) in [6, 6.07) is -5.16. The highest BCUT2D eigenvalue weighted by Crippen LogP contribution is 2.08. The smallest absolute Gasteiger partial charge is 0.326 e. The Balaban J connectivity index is 5.61. The highest BCUT2D eigenvalue weighted by Gasteiger charge is 2.30. The molecule has 0 radical (unpaired) electrons. The predicted molar refractivity (Wildman–Crippen MR) is 125 cm³/mol. The fourth-order valence-corrected chi connectivity index (χ4v) is 2.91. The number of aliphatic hydroxyl groups is 1. The molecule has 15 nitrogen and oxygen atoms in total. The van der Waals surface area contributed by atoms with Crippen LogP contribution in [-0.2, 0) is 24.0 Å². The zero-order valence-electron chi connectivity index (χ0n) is 19.9. The molecular formula is C20H37N7O8. The van der Waals surface area contributed by atoms with Gasteiger partial charge in [-0.3, -0.25) is 24.2 Å². The third kappa shape index (κ3) is 13.7. The Labute approximate surface area is 202 Å². The molecule has 0 fully saturated rings. The molecule has 200 valence electrons. The van der Waals surface area contributed by atoms with Gasteiger partial charge < -0.3 is 48.5 Å². The number of carboxylic acids is 2. The van der Waals surface area contributed by atoms with E-state index >= 15 is 0 Å². The first-order valence-electron chi connectivity index (χ1n) is 11.1. The second kappa shape index (κ2) is 16.2. The molecule has 0 aromatic carbocycles. The molecule has 0 bridgehead atoms. The third-order valence-corrected chi connectivity index (χ3v) is 4.71. The number of carboxylic acid groups (broad SMARTS) is 2. The van der Waals surface area contributed by atoms with Gasteiger partial charge in [0.1, 0.15) is 24.2 Å². The van der Waals surface area contributed by atoms with Gasteiger partial charge in [0, 0.05) is 13.0 Å². The Bertz CT molecular complexity index is 771. The number of carbonyl (C=O) groups is 5. The maximum Gasteiger partial charge on any atom is 0.326 e. The molecule has 3 amide bonds. The van der Waals surface area contributed by atoms with Gasteiger partial charge in [0.15, 0.2) is 5.96 Å². The summed E-state index contributed by atoms with van der Waals surface area (Å²) in [7, 11) is 0. The molecule has 0 aliphatic carbocycles. The van der Waals surface area contributed by atoms with Crippen molar-refractivity contribution in [2.24, 2.45) is 28.1 Å². The maximum atomic E-state index is 12.9. The molecule has 0 heterocycles. The van der Waals surface area contributed by atoms with Crippen LogP contribution < -0.4 is 33.2 Å². The Morgan fingerprint density at radius 3 is 1.83 bits per heavy atom. The molecule has 4 unspecified atom stereocenters. The number of rotatable bonds is 17. The van der Waals surface area contributed by atoms with Crippen LogP contribution in [0.15, 0.2) is 4.99 Å². The lowest BCUT2D eigenvalue weighted by Crippen LogP contribution is -2.57. The SMILES string of the molecule is CC(C)CC(NC(=O)C(CCC(=O)O)NC(=O)C(CCCN=C(N)N)NC(=O)C(N)CO)C(=O)O. The number of aliphatic imine (C=N–C) groups is 1. The summed E-state index contributed by atoms with van der Waals surface area (Å²) in [5.74, 6) is -5.30. The van der Waals surface area contributed by atoms with Gasteiger partial charge in [0.25, 0.3) is 0 Å². The molecule has 4 atom stereocenters. The van der Waals surface area contributed by atoms with Crippen LogP contribution in [0.2, 0.25) is 0 Å². The first-order valence-corrected chi connectivity index (χ1v) is 11.1. The van der Waals surface area contributed by atoms with Gasteiger partial charge in [-0.2, -0.15) is 0 Å². The fourth-order valence-electron chi connectivity index (χ4n) is 2.91. The number of nitrogens with two attached hydrogens (primary N) is 3. The van der Waals surface area contributed by atoms with E-state index in [1.54, 1.807) is 13.8 Å². The summed E-state index contributed by atoms with van der Waals surface area (Å²) in [5.41, 5.74) is 16.0. The molecule has 12 N–H and O–H groups in total. The highest BCUT2D eigenvalue weighted by atomic mass is 16.4. The fraction of sp³-hybridized carbons (Fsp3) is 0.700. The summed E-state index contributed by atoms with van der Waals surface area (Å²) < 4.78 is 0. The Hall–Kier alpha value is -3.46. The van der Waals surface area contributed by atoms with Crippen LogP contribution in [0.4, 0.5) is 0 Å². The van der Waals surface area contributed by atoms with Crippen molar-refractivity contribution in [3.05, 3.63) is 0 Å². The van der Waals surface area contributed by atoms with E-state index in [0.717, 1.165) is 0 Å². The van der Waals surface area contributed by atoms with Crippen LogP contribution in [0.1, 0.15) is 46.0 Å². The van der Waals surface area contributed by atoms with Gasteiger partial charge in [-0.05, 0) is 31.6 Å². The number of amides is 3. The van der Waals surface area contributed by atoms with Crippen LogP contribution in [0.25, 0.3) is 0 Å². The number of hydrogen-bond donors (Lipinski definition) is 9. The molecule has 0 saturated heterocycles. The third-order valence-electron chi connectivity index (χ3n) is 4.71. The van der Waals surface area contributed by atoms with E-state index in [0.29, 0.717) is 0 Å². The first-order chi connectivity index (χ1) is 16.3. The second-order valence-electron chi connectivity index (χ2n) is 8.32. The molecule has 0 aliphatic rings. The lowest BCUT2D eigenvalue weighted by atomic mass is 10.0. The predicted octanol–water partition coefficient (Wildman–Crippen LogP) is -3.19. The Kier molecular flexibility index (Phi) is 14.6. The minimum Gasteiger partial charge on any atom is -0.481 e. The quantitative estimate of drug-likeness (QED) is 0.0541. The molecule has 15 heteroatoms. The molecule has 0 saturated carbocycles. The largest absolute Gasteiger partial charge is 0.481 e.